The molecule has 2 rings (SSSR count). The van der Waals surface area contributed by atoms with E-state index in [4.69, 9.17) is 16.6 Å². The fourth-order valence-corrected chi connectivity index (χ4v) is 5.79. The van der Waals surface area contributed by atoms with Crippen LogP contribution in [0.1, 0.15) is 58.9 Å². The molecule has 0 spiro atoms. The van der Waals surface area contributed by atoms with Gasteiger partial charge in [0.25, 0.3) is 0 Å². The molecule has 0 saturated carbocycles. The van der Waals surface area contributed by atoms with Crippen LogP contribution in [0.15, 0.2) is 30.5 Å². The van der Waals surface area contributed by atoms with Crippen molar-refractivity contribution >= 4 is 76.8 Å². The second kappa shape index (κ2) is 22.9. The number of nitrogens with two attached hydrogens (primary N) is 2. The zero-order valence-electron chi connectivity index (χ0n) is 32.4. The van der Waals surface area contributed by atoms with Gasteiger partial charge in [0.15, 0.2) is 0 Å². The molecule has 0 aliphatic carbocycles. The van der Waals surface area contributed by atoms with Crippen molar-refractivity contribution in [3.63, 3.8) is 0 Å². The molecule has 0 bridgehead atoms. The van der Waals surface area contributed by atoms with Crippen molar-refractivity contribution in [3.8, 4) is 0 Å². The van der Waals surface area contributed by atoms with Crippen LogP contribution in [0, 0.1) is 5.92 Å². The van der Waals surface area contributed by atoms with Crippen LogP contribution >= 0.6 is 12.6 Å². The van der Waals surface area contributed by atoms with Gasteiger partial charge in [-0.1, -0.05) is 32.0 Å². The first-order chi connectivity index (χ1) is 27.2. The van der Waals surface area contributed by atoms with E-state index in [9.17, 15) is 53.4 Å². The summed E-state index contributed by atoms with van der Waals surface area (Å²) in [7, 11) is 0. The first-order valence-corrected chi connectivity index (χ1v) is 18.9. The minimum Gasteiger partial charge on any atom is -0.481 e. The average molecular weight is 836 g/mol. The van der Waals surface area contributed by atoms with E-state index >= 15 is 0 Å². The van der Waals surface area contributed by atoms with Crippen molar-refractivity contribution in [2.45, 2.75) is 108 Å². The number of thiol groups is 1. The molecule has 320 valence electrons. The van der Waals surface area contributed by atoms with E-state index in [1.54, 1.807) is 44.3 Å². The summed E-state index contributed by atoms with van der Waals surface area (Å²) < 4.78 is 0. The molecule has 58 heavy (non-hydrogen) atoms. The van der Waals surface area contributed by atoms with Gasteiger partial charge >= 0.3 is 11.9 Å². The van der Waals surface area contributed by atoms with E-state index in [0.29, 0.717) is 5.56 Å². The van der Waals surface area contributed by atoms with Crippen LogP contribution in [0.2, 0.25) is 0 Å². The Bertz CT molecular complexity index is 1820. The Morgan fingerprint density at radius 2 is 1.28 bits per heavy atom. The highest BCUT2D eigenvalue weighted by Gasteiger charge is 2.35. The van der Waals surface area contributed by atoms with E-state index in [1.807, 2.05) is 0 Å². The number of amides is 7. The molecule has 1 aromatic carbocycles. The average Bonchev–Trinajstić information content (AvgIpc) is 3.56. The summed E-state index contributed by atoms with van der Waals surface area (Å²) in [6.07, 6.45) is -1.42. The molecule has 2 aromatic rings. The number of aliphatic hydroxyl groups is 1. The number of aliphatic carboxylic acids is 2. The number of carbonyl (C=O) groups excluding carboxylic acids is 7. The van der Waals surface area contributed by atoms with Crippen molar-refractivity contribution in [1.82, 2.24) is 36.9 Å². The van der Waals surface area contributed by atoms with Crippen LogP contribution in [0.3, 0.4) is 0 Å². The monoisotopic (exact) mass is 835 g/mol. The highest BCUT2D eigenvalue weighted by atomic mass is 32.1. The fraction of sp³-hybridized carbons (Fsp3) is 0.528. The molecule has 0 radical (unpaired) electrons. The summed E-state index contributed by atoms with van der Waals surface area (Å²) in [5.74, 6) is -9.86. The van der Waals surface area contributed by atoms with Crippen molar-refractivity contribution in [2.24, 2.45) is 17.4 Å². The third-order valence-corrected chi connectivity index (χ3v) is 9.28. The van der Waals surface area contributed by atoms with Gasteiger partial charge < -0.3 is 63.7 Å². The summed E-state index contributed by atoms with van der Waals surface area (Å²) in [6.45, 7) is 5.61. The Labute approximate surface area is 339 Å². The minimum atomic E-state index is -1.72. The molecular formula is C36H53N9O12S. The molecule has 0 saturated heterocycles. The van der Waals surface area contributed by atoms with Gasteiger partial charge in [-0.3, -0.25) is 38.4 Å². The van der Waals surface area contributed by atoms with Crippen LogP contribution in [-0.4, -0.2) is 128 Å². The number of benzene rings is 1. The van der Waals surface area contributed by atoms with Crippen molar-refractivity contribution < 1.29 is 58.5 Å². The predicted octanol–water partition coefficient (Wildman–Crippen LogP) is -2.85. The number of hydrogen-bond acceptors (Lipinski definition) is 12. The van der Waals surface area contributed by atoms with Gasteiger partial charge in [0.2, 0.25) is 41.4 Å². The summed E-state index contributed by atoms with van der Waals surface area (Å²) in [6, 6.07) is -2.83. The van der Waals surface area contributed by atoms with Gasteiger partial charge in [-0.05, 0) is 44.2 Å². The molecule has 0 unspecified atom stereocenters. The third kappa shape index (κ3) is 15.0. The number of nitrogens with one attached hydrogen (secondary N) is 7. The van der Waals surface area contributed by atoms with Crippen molar-refractivity contribution in [3.05, 3.63) is 36.0 Å². The zero-order chi connectivity index (χ0) is 43.9. The molecule has 14 N–H and O–H groups in total. The van der Waals surface area contributed by atoms with E-state index < -0.39 is 120 Å². The lowest BCUT2D eigenvalue weighted by Gasteiger charge is -2.28. The molecule has 0 aliphatic rings. The molecule has 1 heterocycles. The molecule has 8 atom stereocenters. The van der Waals surface area contributed by atoms with E-state index in [0.717, 1.165) is 10.9 Å². The number of carboxylic acid groups (broad SMARTS) is 2. The number of fused-ring (bicyclic) bond motifs is 1. The van der Waals surface area contributed by atoms with Gasteiger partial charge in [-0.15, -0.1) is 0 Å². The minimum absolute atomic E-state index is 0.125. The largest absolute Gasteiger partial charge is 0.481 e. The number of hydrogen-bond donors (Lipinski definition) is 13. The lowest BCUT2D eigenvalue weighted by molar-refractivity contribution is -0.143. The number of aromatic nitrogens is 1. The number of para-hydroxylation sites is 1. The molecule has 0 fully saturated rings. The van der Waals surface area contributed by atoms with Crippen molar-refractivity contribution in [1.29, 1.82) is 0 Å². The van der Waals surface area contributed by atoms with Crippen LogP contribution in [0.5, 0.6) is 0 Å². The summed E-state index contributed by atoms with van der Waals surface area (Å²) in [5, 5.41) is 44.1. The van der Waals surface area contributed by atoms with Gasteiger partial charge in [0.1, 0.15) is 36.3 Å². The quantitative estimate of drug-likeness (QED) is 0.0474. The Kier molecular flexibility index (Phi) is 19.1. The Hall–Kier alpha value is -5.74. The fourth-order valence-electron chi connectivity index (χ4n) is 5.53. The maximum absolute atomic E-state index is 13.7. The van der Waals surface area contributed by atoms with Gasteiger partial charge in [-0.25, -0.2) is 4.79 Å². The maximum Gasteiger partial charge on any atom is 0.326 e. The normalized spacial score (nSPS) is 15.3. The molecule has 21 nitrogen and oxygen atoms in total. The molecule has 1 aromatic heterocycles. The number of aromatic amines is 1. The number of primary amides is 1. The predicted molar refractivity (Wildman–Crippen MR) is 211 cm³/mol. The van der Waals surface area contributed by atoms with E-state index in [-0.39, 0.29) is 25.0 Å². The first kappa shape index (κ1) is 48.4. The van der Waals surface area contributed by atoms with Crippen LogP contribution in [0.4, 0.5) is 0 Å². The van der Waals surface area contributed by atoms with E-state index in [2.05, 4.69) is 49.5 Å². The Morgan fingerprint density at radius 3 is 1.84 bits per heavy atom. The smallest absolute Gasteiger partial charge is 0.326 e. The SMILES string of the molecule is CC(C)[C@H](NC(=O)[C@H](Cc1c[nH]c2ccccc12)NC(=O)[C@@H](NC(=O)[C@H](CS)NC(=O)[C@H](CCC(N)=O)NC(=O)[C@H](C)NC(=O)[C@@H](N)CCC(=O)O)[C@@H](C)O)C(=O)O. The lowest BCUT2D eigenvalue weighted by atomic mass is 10.0. The number of rotatable bonds is 24. The van der Waals surface area contributed by atoms with Gasteiger partial charge in [-0.2, -0.15) is 12.6 Å². The molecular weight excluding hydrogens is 783 g/mol. The van der Waals surface area contributed by atoms with Gasteiger partial charge in [0.05, 0.1) is 12.1 Å². The standard InChI is InChI=1S/C36H53N9O12S/c1-16(2)28(36(56)57)44-33(53)24(13-19-14-39-22-8-6-5-7-20(19)22)42-35(55)29(18(4)46)45-34(54)25(15-58)43-32(52)23(10-11-26(38)47)41-30(50)17(3)40-31(51)21(37)9-12-27(48)49/h5-8,14,16-18,21,23-25,28-29,39,46,58H,9-13,15,37H2,1-4H3,(H2,38,47)(H,40,51)(H,41,50)(H,42,55)(H,43,52)(H,44,53)(H,45,54)(H,48,49)(H,56,57)/t17-,18+,21-,23-,24-,25-,28-,29-/m0/s1. The summed E-state index contributed by atoms with van der Waals surface area (Å²) in [4.78, 5) is 117. The van der Waals surface area contributed by atoms with Crippen molar-refractivity contribution in [2.75, 3.05) is 5.75 Å². The Balaban J connectivity index is 2.25. The highest BCUT2D eigenvalue weighted by Crippen LogP contribution is 2.19. The second-order valence-electron chi connectivity index (χ2n) is 14.0. The molecule has 0 aliphatic heterocycles. The van der Waals surface area contributed by atoms with Crippen LogP contribution < -0.4 is 43.4 Å². The number of carbonyl (C=O) groups is 9. The maximum atomic E-state index is 13.7. The van der Waals surface area contributed by atoms with Crippen LogP contribution in [-0.2, 0) is 49.6 Å². The topological polar surface area (TPSA) is 354 Å². The zero-order valence-corrected chi connectivity index (χ0v) is 33.3. The summed E-state index contributed by atoms with van der Waals surface area (Å²) >= 11 is 4.12. The summed E-state index contributed by atoms with van der Waals surface area (Å²) in [5.41, 5.74) is 12.3. The van der Waals surface area contributed by atoms with Gasteiger partial charge in [0, 0.05) is 42.1 Å². The number of carboxylic acids is 2. The van der Waals surface area contributed by atoms with E-state index in [1.165, 1.54) is 13.8 Å². The number of H-pyrrole nitrogens is 1. The number of aliphatic hydroxyl groups excluding tert-OH is 1. The molecule has 7 amide bonds. The van der Waals surface area contributed by atoms with Crippen LogP contribution in [0.25, 0.3) is 10.9 Å². The second-order valence-corrected chi connectivity index (χ2v) is 14.4. The highest BCUT2D eigenvalue weighted by molar-refractivity contribution is 7.80. The lowest BCUT2D eigenvalue weighted by Crippen LogP contribution is -2.62. The molecule has 22 heteroatoms. The third-order valence-electron chi connectivity index (χ3n) is 8.91. The Morgan fingerprint density at radius 1 is 0.707 bits per heavy atom. The first-order valence-electron chi connectivity index (χ1n) is 18.3.